The number of carbonyl (C=O) groups is 1. The monoisotopic (exact) mass is 357 g/mol. The second kappa shape index (κ2) is 7.60. The summed E-state index contributed by atoms with van der Waals surface area (Å²) in [7, 11) is 1.57. The molecule has 0 aliphatic heterocycles. The third-order valence-electron chi connectivity index (χ3n) is 3.59. The van der Waals surface area contributed by atoms with Gasteiger partial charge in [0.15, 0.2) is 11.5 Å². The molecule has 1 amide bonds. The zero-order valence-corrected chi connectivity index (χ0v) is 14.1. The van der Waals surface area contributed by atoms with Crippen LogP contribution in [0.1, 0.15) is 23.0 Å². The van der Waals surface area contributed by atoms with Gasteiger partial charge >= 0.3 is 0 Å². The van der Waals surface area contributed by atoms with Crippen LogP contribution in [0.15, 0.2) is 46.2 Å². The Bertz CT molecular complexity index is 930. The Morgan fingerprint density at radius 1 is 1.42 bits per heavy atom. The van der Waals surface area contributed by atoms with Crippen LogP contribution in [0.25, 0.3) is 11.3 Å². The van der Waals surface area contributed by atoms with E-state index in [0.29, 0.717) is 18.1 Å². The average Bonchev–Trinajstić information content (AvgIpc) is 3.29. The summed E-state index contributed by atoms with van der Waals surface area (Å²) < 4.78 is 25.2. The summed E-state index contributed by atoms with van der Waals surface area (Å²) in [5.74, 6) is 0.0398. The third-order valence-corrected chi connectivity index (χ3v) is 3.59. The van der Waals surface area contributed by atoms with Gasteiger partial charge in [-0.15, -0.1) is 0 Å². The largest absolute Gasteiger partial charge is 0.497 e. The first-order chi connectivity index (χ1) is 12.6. The highest BCUT2D eigenvalue weighted by atomic mass is 19.1. The number of benzene rings is 1. The van der Waals surface area contributed by atoms with E-state index in [1.54, 1.807) is 38.3 Å². The molecular formula is C17H16FN5O3. The van der Waals surface area contributed by atoms with Gasteiger partial charge < -0.3 is 9.26 Å². The number of nitrogens with one attached hydrogen (secondary N) is 1. The van der Waals surface area contributed by atoms with Crippen molar-refractivity contribution in [1.82, 2.24) is 20.4 Å². The zero-order valence-electron chi connectivity index (χ0n) is 14.1. The number of hydrazone groups is 1. The second-order valence-corrected chi connectivity index (χ2v) is 5.21. The topological polar surface area (TPSA) is 94.5 Å². The van der Waals surface area contributed by atoms with Crippen molar-refractivity contribution < 1.29 is 18.4 Å². The Balaban J connectivity index is 1.65. The second-order valence-electron chi connectivity index (χ2n) is 5.21. The van der Waals surface area contributed by atoms with Gasteiger partial charge in [-0.3, -0.25) is 4.79 Å². The number of nitrogens with zero attached hydrogens (tertiary/aromatic N) is 4. The minimum Gasteiger partial charge on any atom is -0.497 e. The predicted molar refractivity (Wildman–Crippen MR) is 91.4 cm³/mol. The molecule has 2 heterocycles. The SMILES string of the molecule is CCn1ncc(C=NNC(=O)c2cc(-c3ccc(OC)cc3)on2)c1F. The molecule has 0 unspecified atom stereocenters. The van der Waals surface area contributed by atoms with Gasteiger partial charge in [-0.1, -0.05) is 5.16 Å². The fraction of sp³-hybridized carbons (Fsp3) is 0.176. The number of hydrogen-bond donors (Lipinski definition) is 1. The van der Waals surface area contributed by atoms with Crippen LogP contribution in [0.5, 0.6) is 5.75 Å². The van der Waals surface area contributed by atoms with E-state index in [1.165, 1.54) is 23.2 Å². The number of carbonyl (C=O) groups excluding carboxylic acids is 1. The van der Waals surface area contributed by atoms with Crippen molar-refractivity contribution in [1.29, 1.82) is 0 Å². The van der Waals surface area contributed by atoms with E-state index in [9.17, 15) is 9.18 Å². The van der Waals surface area contributed by atoms with Crippen LogP contribution in [0.3, 0.4) is 0 Å². The van der Waals surface area contributed by atoms with Crippen molar-refractivity contribution in [3.63, 3.8) is 0 Å². The molecule has 0 bridgehead atoms. The molecule has 0 aliphatic carbocycles. The smallest absolute Gasteiger partial charge is 0.293 e. The molecule has 0 radical (unpaired) electrons. The Morgan fingerprint density at radius 2 is 2.19 bits per heavy atom. The number of ether oxygens (including phenoxy) is 1. The lowest BCUT2D eigenvalue weighted by atomic mass is 10.1. The summed E-state index contributed by atoms with van der Waals surface area (Å²) in [6.07, 6.45) is 2.50. The Hall–Kier alpha value is -3.49. The molecular weight excluding hydrogens is 341 g/mol. The summed E-state index contributed by atoms with van der Waals surface area (Å²) in [6.45, 7) is 2.17. The van der Waals surface area contributed by atoms with Crippen molar-refractivity contribution in [3.8, 4) is 17.1 Å². The fourth-order valence-corrected chi connectivity index (χ4v) is 2.18. The van der Waals surface area contributed by atoms with E-state index >= 15 is 0 Å². The maximum atomic E-state index is 13.8. The number of halogens is 1. The average molecular weight is 357 g/mol. The minimum atomic E-state index is -0.576. The van der Waals surface area contributed by atoms with Crippen LogP contribution in [0.4, 0.5) is 4.39 Å². The first kappa shape index (κ1) is 17.3. The molecule has 1 aromatic carbocycles. The number of rotatable bonds is 6. The van der Waals surface area contributed by atoms with E-state index < -0.39 is 11.9 Å². The highest BCUT2D eigenvalue weighted by molar-refractivity contribution is 5.93. The van der Waals surface area contributed by atoms with Crippen molar-refractivity contribution in [2.45, 2.75) is 13.5 Å². The number of aromatic nitrogens is 3. The number of aryl methyl sites for hydroxylation is 1. The van der Waals surface area contributed by atoms with Gasteiger partial charge in [0.2, 0.25) is 5.95 Å². The molecule has 1 N–H and O–H groups in total. The molecule has 0 aliphatic rings. The zero-order chi connectivity index (χ0) is 18.5. The summed E-state index contributed by atoms with van der Waals surface area (Å²) >= 11 is 0. The predicted octanol–water partition coefficient (Wildman–Crippen LogP) is 2.47. The van der Waals surface area contributed by atoms with Crippen molar-refractivity contribution >= 4 is 12.1 Å². The Kier molecular flexibility index (Phi) is 5.07. The summed E-state index contributed by atoms with van der Waals surface area (Å²) in [5, 5.41) is 11.3. The van der Waals surface area contributed by atoms with E-state index in [0.717, 1.165) is 5.56 Å². The first-order valence-electron chi connectivity index (χ1n) is 7.78. The first-order valence-corrected chi connectivity index (χ1v) is 7.78. The van der Waals surface area contributed by atoms with E-state index in [-0.39, 0.29) is 11.3 Å². The maximum Gasteiger partial charge on any atom is 0.293 e. The molecule has 9 heteroatoms. The van der Waals surface area contributed by atoms with Crippen LogP contribution in [-0.2, 0) is 6.54 Å². The van der Waals surface area contributed by atoms with Gasteiger partial charge in [0.25, 0.3) is 5.91 Å². The molecule has 0 saturated heterocycles. The molecule has 0 fully saturated rings. The number of hydrogen-bond acceptors (Lipinski definition) is 6. The van der Waals surface area contributed by atoms with Crippen LogP contribution < -0.4 is 10.2 Å². The lowest BCUT2D eigenvalue weighted by Gasteiger charge is -1.99. The molecule has 0 atom stereocenters. The highest BCUT2D eigenvalue weighted by Crippen LogP contribution is 2.23. The van der Waals surface area contributed by atoms with Gasteiger partial charge in [-0.2, -0.15) is 14.6 Å². The fourth-order valence-electron chi connectivity index (χ4n) is 2.18. The number of methoxy groups -OCH3 is 1. The maximum absolute atomic E-state index is 13.8. The molecule has 8 nitrogen and oxygen atoms in total. The quantitative estimate of drug-likeness (QED) is 0.540. The minimum absolute atomic E-state index is 0.0534. The molecule has 134 valence electrons. The van der Waals surface area contributed by atoms with Gasteiger partial charge in [0, 0.05) is 18.2 Å². The van der Waals surface area contributed by atoms with Gasteiger partial charge in [0.05, 0.1) is 25.1 Å². The number of amides is 1. The Morgan fingerprint density at radius 3 is 2.85 bits per heavy atom. The molecule has 0 spiro atoms. The standard InChI is InChI=1S/C17H16FN5O3/c1-3-23-16(18)12(10-20-23)9-19-21-17(24)14-8-15(26-22-14)11-4-6-13(25-2)7-5-11/h4-10H,3H2,1-2H3,(H,21,24). The van der Waals surface area contributed by atoms with Crippen LogP contribution in [-0.4, -0.2) is 34.2 Å². The summed E-state index contributed by atoms with van der Waals surface area (Å²) in [6, 6.07) is 8.60. The lowest BCUT2D eigenvalue weighted by Crippen LogP contribution is -2.17. The molecule has 2 aromatic heterocycles. The van der Waals surface area contributed by atoms with E-state index in [2.05, 4.69) is 20.8 Å². The van der Waals surface area contributed by atoms with Crippen LogP contribution in [0.2, 0.25) is 0 Å². The normalized spacial score (nSPS) is 11.0. The third kappa shape index (κ3) is 3.61. The van der Waals surface area contributed by atoms with Crippen LogP contribution >= 0.6 is 0 Å². The van der Waals surface area contributed by atoms with Gasteiger partial charge in [-0.05, 0) is 31.2 Å². The highest BCUT2D eigenvalue weighted by Gasteiger charge is 2.13. The molecule has 3 rings (SSSR count). The molecule has 26 heavy (non-hydrogen) atoms. The van der Waals surface area contributed by atoms with Crippen LogP contribution in [0, 0.1) is 5.95 Å². The summed E-state index contributed by atoms with van der Waals surface area (Å²) in [5.41, 5.74) is 3.24. The Labute approximate surface area is 148 Å². The molecule has 3 aromatic rings. The van der Waals surface area contributed by atoms with E-state index in [4.69, 9.17) is 9.26 Å². The van der Waals surface area contributed by atoms with Crippen molar-refractivity contribution in [2.24, 2.45) is 5.10 Å². The lowest BCUT2D eigenvalue weighted by molar-refractivity contribution is 0.0946. The summed E-state index contributed by atoms with van der Waals surface area (Å²) in [4.78, 5) is 12.0. The van der Waals surface area contributed by atoms with Crippen molar-refractivity contribution in [3.05, 3.63) is 53.7 Å². The van der Waals surface area contributed by atoms with Gasteiger partial charge in [-0.25, -0.2) is 10.1 Å². The van der Waals surface area contributed by atoms with Gasteiger partial charge in [0.1, 0.15) is 5.75 Å². The van der Waals surface area contributed by atoms with Crippen molar-refractivity contribution in [2.75, 3.05) is 7.11 Å². The molecule has 0 saturated carbocycles. The van der Waals surface area contributed by atoms with E-state index in [1.807, 2.05) is 0 Å².